The van der Waals surface area contributed by atoms with Crippen LogP contribution in [0.25, 0.3) is 11.1 Å². The van der Waals surface area contributed by atoms with Crippen molar-refractivity contribution < 1.29 is 23.8 Å². The molecule has 0 atom stereocenters. The van der Waals surface area contributed by atoms with E-state index in [1.165, 1.54) is 22.8 Å². The van der Waals surface area contributed by atoms with Crippen molar-refractivity contribution in [1.29, 1.82) is 5.26 Å². The van der Waals surface area contributed by atoms with Crippen LogP contribution in [0.1, 0.15) is 81.3 Å². The van der Waals surface area contributed by atoms with Gasteiger partial charge >= 0.3 is 11.9 Å². The fourth-order valence-electron chi connectivity index (χ4n) is 5.60. The second kappa shape index (κ2) is 16.9. The molecule has 0 aromatic heterocycles. The molecule has 3 aromatic carbocycles. The van der Waals surface area contributed by atoms with E-state index in [4.69, 9.17) is 14.2 Å². The number of ether oxygens (including phenoxy) is 3. The zero-order valence-electron chi connectivity index (χ0n) is 24.8. The Kier molecular flexibility index (Phi) is 12.4. The summed E-state index contributed by atoms with van der Waals surface area (Å²) in [5.74, 6) is 1.67. The van der Waals surface area contributed by atoms with Gasteiger partial charge in [0.25, 0.3) is 0 Å². The minimum atomic E-state index is -0.364. The van der Waals surface area contributed by atoms with E-state index in [-0.39, 0.29) is 11.9 Å². The standard InChI is InChI=1S/C37H41NO5/c1-2-36(39)42-26-8-4-3-7-25-41-34-22-20-32(21-23-34)31-18-16-30(17-19-31)29-14-11-28(12-15-29)13-24-37(40)43-35-10-6-5-9-33(35)27-38/h2,5-6,9-10,16-23,28-29H,1,3-4,7-8,11-15,24-26H2. The lowest BCUT2D eigenvalue weighted by Gasteiger charge is -2.28. The van der Waals surface area contributed by atoms with Crippen molar-refractivity contribution in [3.05, 3.63) is 96.6 Å². The Bertz CT molecular complexity index is 1370. The number of carbonyl (C=O) groups is 2. The molecule has 224 valence electrons. The van der Waals surface area contributed by atoms with Gasteiger partial charge in [0.2, 0.25) is 0 Å². The molecular weight excluding hydrogens is 538 g/mol. The summed E-state index contributed by atoms with van der Waals surface area (Å²) in [7, 11) is 0. The lowest BCUT2D eigenvalue weighted by Crippen LogP contribution is -2.16. The first-order valence-corrected chi connectivity index (χ1v) is 15.4. The van der Waals surface area contributed by atoms with E-state index in [2.05, 4.69) is 49.0 Å². The number of hydrogen-bond donors (Lipinski definition) is 0. The summed E-state index contributed by atoms with van der Waals surface area (Å²) < 4.78 is 16.3. The Hall–Kier alpha value is -4.37. The molecule has 0 heterocycles. The van der Waals surface area contributed by atoms with E-state index in [9.17, 15) is 14.9 Å². The number of carbonyl (C=O) groups excluding carboxylic acids is 2. The first-order valence-electron chi connectivity index (χ1n) is 15.4. The number of benzene rings is 3. The van der Waals surface area contributed by atoms with Gasteiger partial charge in [0.15, 0.2) is 0 Å². The molecule has 0 amide bonds. The van der Waals surface area contributed by atoms with Crippen LogP contribution < -0.4 is 9.47 Å². The minimum absolute atomic E-state index is 0.266. The van der Waals surface area contributed by atoms with Gasteiger partial charge in [-0.3, -0.25) is 4.79 Å². The maximum absolute atomic E-state index is 12.3. The summed E-state index contributed by atoms with van der Waals surface area (Å²) in [6.45, 7) is 4.50. The fraction of sp³-hybridized carbons (Fsp3) is 0.378. The molecule has 1 fully saturated rings. The average molecular weight is 580 g/mol. The maximum atomic E-state index is 12.3. The summed E-state index contributed by atoms with van der Waals surface area (Å²) in [6.07, 6.45) is 10.7. The molecule has 1 aliphatic carbocycles. The SMILES string of the molecule is C=CC(=O)OCCCCCCOc1ccc(-c2ccc(C3CCC(CCC(=O)Oc4ccccc4C#N)CC3)cc2)cc1. The summed E-state index contributed by atoms with van der Waals surface area (Å²) in [5, 5.41) is 9.18. The third-order valence-electron chi connectivity index (χ3n) is 8.12. The quantitative estimate of drug-likeness (QED) is 0.0776. The van der Waals surface area contributed by atoms with Crippen LogP contribution in [0.4, 0.5) is 0 Å². The molecule has 43 heavy (non-hydrogen) atoms. The van der Waals surface area contributed by atoms with Crippen LogP contribution >= 0.6 is 0 Å². The summed E-state index contributed by atoms with van der Waals surface area (Å²) >= 11 is 0. The second-order valence-electron chi connectivity index (χ2n) is 11.1. The van der Waals surface area contributed by atoms with Crippen molar-refractivity contribution in [3.63, 3.8) is 0 Å². The Balaban J connectivity index is 1.13. The molecule has 4 rings (SSSR count). The molecule has 6 heteroatoms. The van der Waals surface area contributed by atoms with Crippen molar-refractivity contribution in [2.75, 3.05) is 13.2 Å². The maximum Gasteiger partial charge on any atom is 0.330 e. The third kappa shape index (κ3) is 10.1. The smallest absolute Gasteiger partial charge is 0.330 e. The van der Waals surface area contributed by atoms with Crippen molar-refractivity contribution in [3.8, 4) is 28.7 Å². The summed E-state index contributed by atoms with van der Waals surface area (Å²) in [4.78, 5) is 23.4. The Morgan fingerprint density at radius 3 is 2.16 bits per heavy atom. The third-order valence-corrected chi connectivity index (χ3v) is 8.12. The van der Waals surface area contributed by atoms with Crippen LogP contribution in [-0.2, 0) is 14.3 Å². The van der Waals surface area contributed by atoms with Gasteiger partial charge in [-0.25, -0.2) is 4.79 Å². The monoisotopic (exact) mass is 579 g/mol. The molecule has 0 saturated heterocycles. The number of unbranched alkanes of at least 4 members (excludes halogenated alkanes) is 3. The Morgan fingerprint density at radius 1 is 0.837 bits per heavy atom. The number of hydrogen-bond acceptors (Lipinski definition) is 6. The highest BCUT2D eigenvalue weighted by atomic mass is 16.5. The van der Waals surface area contributed by atoms with Crippen molar-refractivity contribution in [1.82, 2.24) is 0 Å². The van der Waals surface area contributed by atoms with Gasteiger partial charge in [-0.15, -0.1) is 0 Å². The summed E-state index contributed by atoms with van der Waals surface area (Å²) in [5.41, 5.74) is 4.13. The first-order chi connectivity index (χ1) is 21.1. The summed E-state index contributed by atoms with van der Waals surface area (Å²) in [6, 6.07) is 26.1. The average Bonchev–Trinajstić information content (AvgIpc) is 3.05. The zero-order chi connectivity index (χ0) is 30.3. The largest absolute Gasteiger partial charge is 0.494 e. The van der Waals surface area contributed by atoms with Crippen molar-refractivity contribution in [2.24, 2.45) is 5.92 Å². The Morgan fingerprint density at radius 2 is 1.49 bits per heavy atom. The van der Waals surface area contributed by atoms with Crippen LogP contribution in [0.5, 0.6) is 11.5 Å². The van der Waals surface area contributed by atoms with E-state index >= 15 is 0 Å². The van der Waals surface area contributed by atoms with Crippen molar-refractivity contribution >= 4 is 11.9 Å². The second-order valence-corrected chi connectivity index (χ2v) is 11.1. The minimum Gasteiger partial charge on any atom is -0.494 e. The van der Waals surface area contributed by atoms with Gasteiger partial charge in [0, 0.05) is 12.5 Å². The highest BCUT2D eigenvalue weighted by molar-refractivity contribution is 5.81. The molecule has 0 unspecified atom stereocenters. The number of para-hydroxylation sites is 1. The van der Waals surface area contributed by atoms with Crippen LogP contribution in [0.2, 0.25) is 0 Å². The highest BCUT2D eigenvalue weighted by Gasteiger charge is 2.23. The number of esters is 2. The van der Waals surface area contributed by atoms with E-state index in [0.29, 0.717) is 42.8 Å². The number of rotatable bonds is 15. The molecule has 3 aromatic rings. The lowest BCUT2D eigenvalue weighted by molar-refractivity contribution is -0.138. The number of nitriles is 1. The van der Waals surface area contributed by atoms with E-state index in [1.54, 1.807) is 24.3 Å². The van der Waals surface area contributed by atoms with Crippen LogP contribution in [0.3, 0.4) is 0 Å². The topological polar surface area (TPSA) is 85.6 Å². The fourth-order valence-corrected chi connectivity index (χ4v) is 5.60. The molecular formula is C37H41NO5. The van der Waals surface area contributed by atoms with Gasteiger partial charge in [-0.05, 0) is 111 Å². The molecule has 0 spiro atoms. The first kappa shape index (κ1) is 31.6. The predicted molar refractivity (Wildman–Crippen MR) is 168 cm³/mol. The molecule has 0 aliphatic heterocycles. The van der Waals surface area contributed by atoms with Gasteiger partial charge < -0.3 is 14.2 Å². The highest BCUT2D eigenvalue weighted by Crippen LogP contribution is 2.38. The van der Waals surface area contributed by atoms with Gasteiger partial charge in [0.1, 0.15) is 17.6 Å². The molecule has 0 radical (unpaired) electrons. The predicted octanol–water partition coefficient (Wildman–Crippen LogP) is 8.55. The van der Waals surface area contributed by atoms with Gasteiger partial charge in [0.05, 0.1) is 18.8 Å². The zero-order valence-corrected chi connectivity index (χ0v) is 24.8. The van der Waals surface area contributed by atoms with Gasteiger partial charge in [-0.2, -0.15) is 5.26 Å². The normalized spacial score (nSPS) is 16.1. The molecule has 0 N–H and O–H groups in total. The molecule has 6 nitrogen and oxygen atoms in total. The lowest BCUT2D eigenvalue weighted by atomic mass is 9.77. The van der Waals surface area contributed by atoms with E-state index in [0.717, 1.165) is 63.5 Å². The van der Waals surface area contributed by atoms with E-state index in [1.807, 2.05) is 12.1 Å². The molecule has 1 aliphatic rings. The van der Waals surface area contributed by atoms with Crippen LogP contribution in [0.15, 0.2) is 85.5 Å². The molecule has 1 saturated carbocycles. The van der Waals surface area contributed by atoms with Crippen LogP contribution in [-0.4, -0.2) is 25.2 Å². The van der Waals surface area contributed by atoms with Crippen molar-refractivity contribution in [2.45, 2.75) is 70.1 Å². The van der Waals surface area contributed by atoms with E-state index < -0.39 is 0 Å². The molecule has 0 bridgehead atoms. The van der Waals surface area contributed by atoms with Gasteiger partial charge in [-0.1, -0.05) is 55.1 Å². The van der Waals surface area contributed by atoms with Crippen LogP contribution in [0, 0.1) is 17.2 Å². The number of nitrogens with zero attached hydrogens (tertiary/aromatic N) is 1. The Labute approximate surface area is 255 Å².